The minimum Gasteiger partial charge on any atom is -0.508 e. The number of aliphatic hydroxyl groups is 1. The zero-order chi connectivity index (χ0) is 25.4. The number of hydrogen-bond donors (Lipinski definition) is 2. The van der Waals surface area contributed by atoms with E-state index < -0.39 is 17.7 Å². The molecule has 3 rings (SSSR count). The molecule has 2 aromatic rings. The molecule has 1 aliphatic heterocycles. The molecule has 0 bridgehead atoms. The van der Waals surface area contributed by atoms with Crippen molar-refractivity contribution in [2.45, 2.75) is 52.0 Å². The van der Waals surface area contributed by atoms with E-state index in [1.807, 2.05) is 0 Å². The van der Waals surface area contributed by atoms with Crippen LogP contribution in [0.4, 0.5) is 0 Å². The molecule has 1 saturated heterocycles. The SMILES string of the molecule is CCCCN(CCCC)CCCN1C(=O)C(=O)C(=C(O)c2ccc(Cl)cc2)C1c1cccc(O)c1. The highest BCUT2D eigenvalue weighted by Gasteiger charge is 2.45. The van der Waals surface area contributed by atoms with E-state index in [1.165, 1.54) is 17.0 Å². The summed E-state index contributed by atoms with van der Waals surface area (Å²) in [7, 11) is 0. The molecular weight excluding hydrogens is 464 g/mol. The summed E-state index contributed by atoms with van der Waals surface area (Å²) >= 11 is 5.98. The fraction of sp³-hybridized carbons (Fsp3) is 0.429. The molecule has 0 aliphatic carbocycles. The van der Waals surface area contributed by atoms with Crippen molar-refractivity contribution in [1.82, 2.24) is 9.80 Å². The Balaban J connectivity index is 1.91. The van der Waals surface area contributed by atoms with Crippen molar-refractivity contribution >= 4 is 29.1 Å². The first-order chi connectivity index (χ1) is 16.9. The minimum absolute atomic E-state index is 0.0248. The average Bonchev–Trinajstić information content (AvgIpc) is 3.10. The Hall–Kier alpha value is -2.83. The first kappa shape index (κ1) is 26.8. The number of halogens is 1. The molecule has 2 N–H and O–H groups in total. The van der Waals surface area contributed by atoms with Crippen molar-refractivity contribution in [2.24, 2.45) is 0 Å². The lowest BCUT2D eigenvalue weighted by molar-refractivity contribution is -0.140. The summed E-state index contributed by atoms with van der Waals surface area (Å²) in [6.45, 7) is 7.58. The smallest absolute Gasteiger partial charge is 0.295 e. The van der Waals surface area contributed by atoms with Crippen LogP contribution >= 0.6 is 11.6 Å². The molecule has 7 heteroatoms. The van der Waals surface area contributed by atoms with E-state index in [-0.39, 0.29) is 17.1 Å². The van der Waals surface area contributed by atoms with Gasteiger partial charge in [0.05, 0.1) is 11.6 Å². The van der Waals surface area contributed by atoms with Gasteiger partial charge < -0.3 is 20.0 Å². The third-order valence-corrected chi connectivity index (χ3v) is 6.62. The van der Waals surface area contributed by atoms with Gasteiger partial charge >= 0.3 is 0 Å². The molecule has 6 nitrogen and oxygen atoms in total. The molecule has 0 saturated carbocycles. The largest absolute Gasteiger partial charge is 0.508 e. The summed E-state index contributed by atoms with van der Waals surface area (Å²) in [5, 5.41) is 21.7. The quantitative estimate of drug-likeness (QED) is 0.221. The molecule has 188 valence electrons. The van der Waals surface area contributed by atoms with Crippen LogP contribution in [0.3, 0.4) is 0 Å². The summed E-state index contributed by atoms with van der Waals surface area (Å²) in [5.74, 6) is -1.57. The minimum atomic E-state index is -0.780. The van der Waals surface area contributed by atoms with Crippen molar-refractivity contribution in [3.05, 3.63) is 70.3 Å². The first-order valence-corrected chi connectivity index (χ1v) is 12.8. The number of hydrogen-bond acceptors (Lipinski definition) is 5. The number of unbranched alkanes of at least 4 members (excludes halogenated alkanes) is 2. The number of benzene rings is 2. The van der Waals surface area contributed by atoms with Crippen molar-refractivity contribution in [3.8, 4) is 5.75 Å². The Labute approximate surface area is 212 Å². The molecule has 2 aromatic carbocycles. The van der Waals surface area contributed by atoms with Gasteiger partial charge in [-0.1, -0.05) is 50.4 Å². The summed E-state index contributed by atoms with van der Waals surface area (Å²) < 4.78 is 0. The fourth-order valence-corrected chi connectivity index (χ4v) is 4.60. The number of rotatable bonds is 12. The van der Waals surface area contributed by atoms with E-state index >= 15 is 0 Å². The van der Waals surface area contributed by atoms with Gasteiger partial charge in [0.25, 0.3) is 11.7 Å². The number of carbonyl (C=O) groups excluding carboxylic acids is 2. The lowest BCUT2D eigenvalue weighted by atomic mass is 9.95. The van der Waals surface area contributed by atoms with E-state index in [0.29, 0.717) is 29.1 Å². The van der Waals surface area contributed by atoms with Crippen molar-refractivity contribution < 1.29 is 19.8 Å². The van der Waals surface area contributed by atoms with E-state index in [1.54, 1.807) is 36.4 Å². The van der Waals surface area contributed by atoms with Crippen LogP contribution < -0.4 is 0 Å². The van der Waals surface area contributed by atoms with Crippen molar-refractivity contribution in [3.63, 3.8) is 0 Å². The molecule has 1 unspecified atom stereocenters. The van der Waals surface area contributed by atoms with Gasteiger partial charge in [-0.25, -0.2) is 0 Å². The maximum Gasteiger partial charge on any atom is 0.295 e. The predicted molar refractivity (Wildman–Crippen MR) is 139 cm³/mol. The number of likely N-dealkylation sites (tertiary alicyclic amines) is 1. The fourth-order valence-electron chi connectivity index (χ4n) is 4.48. The molecular formula is C28H35ClN2O4. The van der Waals surface area contributed by atoms with Gasteiger partial charge in [-0.05, 0) is 80.9 Å². The summed E-state index contributed by atoms with van der Waals surface area (Å²) in [6, 6.07) is 12.2. The van der Waals surface area contributed by atoms with E-state index in [0.717, 1.165) is 45.3 Å². The van der Waals surface area contributed by atoms with Gasteiger partial charge in [0.2, 0.25) is 0 Å². The number of ketones is 1. The van der Waals surface area contributed by atoms with Crippen LogP contribution in [0.5, 0.6) is 5.75 Å². The Kier molecular flexibility index (Phi) is 9.75. The topological polar surface area (TPSA) is 81.1 Å². The molecule has 1 fully saturated rings. The number of aromatic hydroxyl groups is 1. The van der Waals surface area contributed by atoms with Gasteiger partial charge in [0.15, 0.2) is 0 Å². The number of phenolic OH excluding ortho intramolecular Hbond substituents is 1. The molecule has 1 heterocycles. The van der Waals surface area contributed by atoms with Crippen molar-refractivity contribution in [2.75, 3.05) is 26.2 Å². The highest BCUT2D eigenvalue weighted by Crippen LogP contribution is 2.40. The number of nitrogens with zero attached hydrogens (tertiary/aromatic N) is 2. The zero-order valence-electron chi connectivity index (χ0n) is 20.5. The van der Waals surface area contributed by atoms with Crippen LogP contribution in [0.1, 0.15) is 63.1 Å². The maximum atomic E-state index is 13.1. The molecule has 0 aromatic heterocycles. The normalized spacial score (nSPS) is 17.5. The number of aliphatic hydroxyl groups excluding tert-OH is 1. The summed E-state index contributed by atoms with van der Waals surface area (Å²) in [6.07, 6.45) is 5.20. The highest BCUT2D eigenvalue weighted by atomic mass is 35.5. The number of carbonyl (C=O) groups is 2. The predicted octanol–water partition coefficient (Wildman–Crippen LogP) is 5.76. The number of Topliss-reactive ketones (excluding diaryl/α,β-unsaturated/α-hetero) is 1. The van der Waals surface area contributed by atoms with E-state index in [4.69, 9.17) is 11.6 Å². The third kappa shape index (κ3) is 6.65. The van der Waals surface area contributed by atoms with Gasteiger partial charge in [0, 0.05) is 17.1 Å². The van der Waals surface area contributed by atoms with Crippen LogP contribution in [-0.4, -0.2) is 57.9 Å². The van der Waals surface area contributed by atoms with Crippen LogP contribution in [0.25, 0.3) is 5.76 Å². The van der Waals surface area contributed by atoms with Gasteiger partial charge in [0.1, 0.15) is 11.5 Å². The Bertz CT molecular complexity index is 1040. The van der Waals surface area contributed by atoms with Gasteiger partial charge in [-0.15, -0.1) is 0 Å². The number of amides is 1. The number of phenols is 1. The van der Waals surface area contributed by atoms with Gasteiger partial charge in [-0.2, -0.15) is 0 Å². The second-order valence-electron chi connectivity index (χ2n) is 9.00. The van der Waals surface area contributed by atoms with E-state index in [2.05, 4.69) is 18.7 Å². The Morgan fingerprint density at radius 2 is 1.60 bits per heavy atom. The van der Waals surface area contributed by atoms with Crippen molar-refractivity contribution in [1.29, 1.82) is 0 Å². The summed E-state index contributed by atoms with van der Waals surface area (Å²) in [4.78, 5) is 30.2. The monoisotopic (exact) mass is 498 g/mol. The molecule has 0 radical (unpaired) electrons. The molecule has 0 spiro atoms. The molecule has 35 heavy (non-hydrogen) atoms. The Morgan fingerprint density at radius 1 is 0.971 bits per heavy atom. The van der Waals surface area contributed by atoms with Crippen LogP contribution in [0.15, 0.2) is 54.1 Å². The second-order valence-corrected chi connectivity index (χ2v) is 9.43. The molecule has 1 amide bonds. The summed E-state index contributed by atoms with van der Waals surface area (Å²) in [5.41, 5.74) is 1.01. The average molecular weight is 499 g/mol. The van der Waals surface area contributed by atoms with E-state index in [9.17, 15) is 19.8 Å². The lowest BCUT2D eigenvalue weighted by Crippen LogP contribution is -2.34. The van der Waals surface area contributed by atoms with Crippen LogP contribution in [-0.2, 0) is 9.59 Å². The van der Waals surface area contributed by atoms with Gasteiger partial charge in [-0.3, -0.25) is 9.59 Å². The molecule has 1 atom stereocenters. The maximum absolute atomic E-state index is 13.1. The van der Waals surface area contributed by atoms with Crippen LogP contribution in [0.2, 0.25) is 5.02 Å². The second kappa shape index (κ2) is 12.8. The molecule has 1 aliphatic rings. The lowest BCUT2D eigenvalue weighted by Gasteiger charge is -2.27. The first-order valence-electron chi connectivity index (χ1n) is 12.4. The van der Waals surface area contributed by atoms with Crippen LogP contribution in [0, 0.1) is 0 Å². The highest BCUT2D eigenvalue weighted by molar-refractivity contribution is 6.46. The Morgan fingerprint density at radius 3 is 2.20 bits per heavy atom. The standard InChI is InChI=1S/C28H35ClN2O4/c1-3-5-15-30(16-6-4-2)17-8-18-31-25(21-9-7-10-23(32)19-21)24(27(34)28(31)35)26(33)20-11-13-22(29)14-12-20/h7,9-14,19,25,32-33H,3-6,8,15-18H2,1-2H3. The third-order valence-electron chi connectivity index (χ3n) is 6.37. The zero-order valence-corrected chi connectivity index (χ0v) is 21.3.